The Bertz CT molecular complexity index is 401. The van der Waals surface area contributed by atoms with Crippen molar-refractivity contribution in [3.63, 3.8) is 0 Å². The Morgan fingerprint density at radius 2 is 2.12 bits per heavy atom. The number of aromatic nitrogens is 2. The van der Waals surface area contributed by atoms with Crippen LogP contribution in [0.2, 0.25) is 0 Å². The maximum atomic E-state index is 12.1. The fourth-order valence-electron chi connectivity index (χ4n) is 1.96. The van der Waals surface area contributed by atoms with Crippen LogP contribution < -0.4 is 10.5 Å². The smallest absolute Gasteiger partial charge is 0.293 e. The highest BCUT2D eigenvalue weighted by atomic mass is 79.9. The number of alkyl halides is 1. The summed E-state index contributed by atoms with van der Waals surface area (Å²) < 4.78 is 1.58. The molecule has 0 fully saturated rings. The van der Waals surface area contributed by atoms with E-state index in [-0.39, 0.29) is 5.56 Å². The van der Waals surface area contributed by atoms with Crippen molar-refractivity contribution in [3.8, 4) is 0 Å². The van der Waals surface area contributed by atoms with E-state index in [2.05, 4.69) is 39.7 Å². The molecule has 17 heavy (non-hydrogen) atoms. The molecule has 1 rings (SSSR count). The molecule has 96 valence electrons. The minimum Gasteiger partial charge on any atom is -0.348 e. The van der Waals surface area contributed by atoms with E-state index in [0.29, 0.717) is 11.9 Å². The van der Waals surface area contributed by atoms with Gasteiger partial charge >= 0.3 is 0 Å². The van der Waals surface area contributed by atoms with E-state index in [1.165, 1.54) is 0 Å². The molecule has 1 aromatic rings. The van der Waals surface area contributed by atoms with E-state index in [4.69, 9.17) is 0 Å². The predicted molar refractivity (Wildman–Crippen MR) is 75.0 cm³/mol. The predicted octanol–water partition coefficient (Wildman–Crippen LogP) is 2.17. The Labute approximate surface area is 111 Å². The molecule has 0 atom stereocenters. The molecule has 0 unspecified atom stereocenters. The van der Waals surface area contributed by atoms with Gasteiger partial charge in [-0.25, -0.2) is 4.98 Å². The first-order valence-electron chi connectivity index (χ1n) is 5.99. The molecule has 5 heteroatoms. The Balaban J connectivity index is 3.13. The van der Waals surface area contributed by atoms with Crippen LogP contribution in [0.25, 0.3) is 0 Å². The summed E-state index contributed by atoms with van der Waals surface area (Å²) in [4.78, 5) is 18.4. The molecule has 1 heterocycles. The first kappa shape index (κ1) is 14.2. The molecular weight excluding hydrogens is 282 g/mol. The summed E-state index contributed by atoms with van der Waals surface area (Å²) in [5.74, 6) is 0.558. The zero-order valence-corrected chi connectivity index (χ0v) is 12.3. The quantitative estimate of drug-likeness (QED) is 0.756. The second kappa shape index (κ2) is 6.79. The van der Waals surface area contributed by atoms with Gasteiger partial charge in [0.15, 0.2) is 5.82 Å². The van der Waals surface area contributed by atoms with Crippen LogP contribution in [0.15, 0.2) is 17.2 Å². The Kier molecular flexibility index (Phi) is 5.68. The third-order valence-electron chi connectivity index (χ3n) is 2.98. The lowest BCUT2D eigenvalue weighted by Crippen LogP contribution is -2.41. The van der Waals surface area contributed by atoms with Gasteiger partial charge in [0.1, 0.15) is 0 Å². The maximum absolute atomic E-state index is 12.1. The third kappa shape index (κ3) is 3.31. The van der Waals surface area contributed by atoms with Gasteiger partial charge in [-0.05, 0) is 12.8 Å². The fraction of sp³-hybridized carbons (Fsp3) is 0.667. The summed E-state index contributed by atoms with van der Waals surface area (Å²) in [5.41, 5.74) is -0.0275. The SMILES string of the molecule is CCC(CC)N(CCBr)c1nccn(C)c1=O. The second-order valence-electron chi connectivity index (χ2n) is 4.02. The van der Waals surface area contributed by atoms with Crippen molar-refractivity contribution in [2.45, 2.75) is 32.7 Å². The van der Waals surface area contributed by atoms with E-state index in [1.54, 1.807) is 24.0 Å². The molecule has 0 radical (unpaired) electrons. The lowest BCUT2D eigenvalue weighted by atomic mass is 10.1. The molecule has 0 spiro atoms. The van der Waals surface area contributed by atoms with Crippen molar-refractivity contribution in [3.05, 3.63) is 22.7 Å². The Morgan fingerprint density at radius 3 is 2.65 bits per heavy atom. The number of hydrogen-bond donors (Lipinski definition) is 0. The largest absolute Gasteiger partial charge is 0.348 e. The minimum atomic E-state index is -0.0275. The molecule has 0 saturated carbocycles. The van der Waals surface area contributed by atoms with Crippen LogP contribution in [-0.4, -0.2) is 27.5 Å². The van der Waals surface area contributed by atoms with Crippen LogP contribution in [0, 0.1) is 0 Å². The molecule has 0 aliphatic rings. The van der Waals surface area contributed by atoms with Crippen LogP contribution >= 0.6 is 15.9 Å². The Hall–Kier alpha value is -0.840. The average molecular weight is 302 g/mol. The summed E-state index contributed by atoms with van der Waals surface area (Å²) in [7, 11) is 1.76. The number of anilines is 1. The monoisotopic (exact) mass is 301 g/mol. The average Bonchev–Trinajstić information content (AvgIpc) is 2.33. The van der Waals surface area contributed by atoms with Crippen LogP contribution in [0.5, 0.6) is 0 Å². The number of hydrogen-bond acceptors (Lipinski definition) is 3. The van der Waals surface area contributed by atoms with E-state index in [9.17, 15) is 4.79 Å². The molecule has 0 bridgehead atoms. The topological polar surface area (TPSA) is 38.1 Å². The van der Waals surface area contributed by atoms with Crippen molar-refractivity contribution in [2.24, 2.45) is 7.05 Å². The molecule has 0 aliphatic carbocycles. The third-order valence-corrected chi connectivity index (χ3v) is 3.33. The first-order chi connectivity index (χ1) is 8.15. The zero-order chi connectivity index (χ0) is 12.8. The maximum Gasteiger partial charge on any atom is 0.293 e. The molecule has 0 N–H and O–H groups in total. The number of rotatable bonds is 6. The van der Waals surface area contributed by atoms with Gasteiger partial charge in [0.2, 0.25) is 0 Å². The van der Waals surface area contributed by atoms with Crippen molar-refractivity contribution >= 4 is 21.7 Å². The summed E-state index contributed by atoms with van der Waals surface area (Å²) in [6, 6.07) is 0.371. The van der Waals surface area contributed by atoms with Crippen LogP contribution in [0.1, 0.15) is 26.7 Å². The van der Waals surface area contributed by atoms with Gasteiger partial charge in [-0.3, -0.25) is 4.79 Å². The normalized spacial score (nSPS) is 10.9. The number of halogens is 1. The fourth-order valence-corrected chi connectivity index (χ4v) is 2.35. The number of nitrogens with zero attached hydrogens (tertiary/aromatic N) is 3. The molecule has 0 aromatic carbocycles. The van der Waals surface area contributed by atoms with Crippen LogP contribution in [-0.2, 0) is 7.05 Å². The van der Waals surface area contributed by atoms with Crippen molar-refractivity contribution < 1.29 is 0 Å². The summed E-state index contributed by atoms with van der Waals surface area (Å²) in [5, 5.41) is 0.837. The zero-order valence-electron chi connectivity index (χ0n) is 10.7. The number of aryl methyl sites for hydroxylation is 1. The van der Waals surface area contributed by atoms with Crippen molar-refractivity contribution in [1.29, 1.82) is 0 Å². The van der Waals surface area contributed by atoms with Crippen molar-refractivity contribution in [2.75, 3.05) is 16.8 Å². The molecular formula is C12H20BrN3O. The second-order valence-corrected chi connectivity index (χ2v) is 4.81. The highest BCUT2D eigenvalue weighted by Gasteiger charge is 2.19. The summed E-state index contributed by atoms with van der Waals surface area (Å²) in [6.07, 6.45) is 5.40. The molecule has 4 nitrogen and oxygen atoms in total. The molecule has 0 amide bonds. The van der Waals surface area contributed by atoms with Crippen molar-refractivity contribution in [1.82, 2.24) is 9.55 Å². The van der Waals surface area contributed by atoms with E-state index in [0.717, 1.165) is 24.7 Å². The highest BCUT2D eigenvalue weighted by Crippen LogP contribution is 2.14. The Morgan fingerprint density at radius 1 is 1.47 bits per heavy atom. The summed E-state index contributed by atoms with van der Waals surface area (Å²) in [6.45, 7) is 5.09. The standard InChI is InChI=1S/C12H20BrN3O/c1-4-10(5-2)16(8-6-13)11-12(17)15(3)9-7-14-11/h7,9-10H,4-6,8H2,1-3H3. The van der Waals surface area contributed by atoms with Crippen LogP contribution in [0.4, 0.5) is 5.82 Å². The molecule has 0 saturated heterocycles. The minimum absolute atomic E-state index is 0.0275. The van der Waals surface area contributed by atoms with E-state index < -0.39 is 0 Å². The molecule has 0 aliphatic heterocycles. The van der Waals surface area contributed by atoms with Gasteiger partial charge in [-0.15, -0.1) is 0 Å². The lowest BCUT2D eigenvalue weighted by molar-refractivity contribution is 0.559. The van der Waals surface area contributed by atoms with Gasteiger partial charge in [-0.2, -0.15) is 0 Å². The van der Waals surface area contributed by atoms with Gasteiger partial charge in [-0.1, -0.05) is 29.8 Å². The van der Waals surface area contributed by atoms with Gasteiger partial charge in [0.05, 0.1) is 0 Å². The first-order valence-corrected chi connectivity index (χ1v) is 7.12. The van der Waals surface area contributed by atoms with Gasteiger partial charge in [0.25, 0.3) is 5.56 Å². The van der Waals surface area contributed by atoms with Gasteiger partial charge in [0, 0.05) is 37.4 Å². The van der Waals surface area contributed by atoms with E-state index >= 15 is 0 Å². The lowest BCUT2D eigenvalue weighted by Gasteiger charge is -2.30. The highest BCUT2D eigenvalue weighted by molar-refractivity contribution is 9.09. The van der Waals surface area contributed by atoms with Crippen LogP contribution in [0.3, 0.4) is 0 Å². The molecule has 1 aromatic heterocycles. The van der Waals surface area contributed by atoms with E-state index in [1.807, 2.05) is 0 Å². The summed E-state index contributed by atoms with van der Waals surface area (Å²) >= 11 is 3.44. The van der Waals surface area contributed by atoms with Gasteiger partial charge < -0.3 is 9.47 Å².